The van der Waals surface area contributed by atoms with Crippen molar-refractivity contribution in [2.45, 2.75) is 52.1 Å². The molecule has 112 valence electrons. The number of carbonyl (C=O) groups is 1. The van der Waals surface area contributed by atoms with Gasteiger partial charge in [-0.1, -0.05) is 0 Å². The molecule has 1 aliphatic heterocycles. The van der Waals surface area contributed by atoms with Crippen LogP contribution in [0.2, 0.25) is 0 Å². The molecule has 0 saturated carbocycles. The maximum atomic E-state index is 13.2. The van der Waals surface area contributed by atoms with Crippen molar-refractivity contribution in [1.82, 2.24) is 4.90 Å². The van der Waals surface area contributed by atoms with Crippen LogP contribution in [-0.2, 0) is 4.74 Å². The minimum atomic E-state index is -2.39. The van der Waals surface area contributed by atoms with Gasteiger partial charge in [0.2, 0.25) is 6.43 Å². The second-order valence-corrected chi connectivity index (χ2v) is 6.17. The van der Waals surface area contributed by atoms with Crippen molar-refractivity contribution in [3.8, 4) is 0 Å². The maximum Gasteiger partial charge on any atom is 0.410 e. The smallest absolute Gasteiger partial charge is 0.410 e. The molecule has 0 spiro atoms. The quantitative estimate of drug-likeness (QED) is 0.863. The van der Waals surface area contributed by atoms with Gasteiger partial charge in [0, 0.05) is 18.5 Å². The second-order valence-electron chi connectivity index (χ2n) is 6.17. The molecule has 0 atom stereocenters. The van der Waals surface area contributed by atoms with Crippen LogP contribution >= 0.6 is 0 Å². The van der Waals surface area contributed by atoms with Gasteiger partial charge in [-0.15, -0.1) is 0 Å². The Bertz CT molecular complexity index is 308. The Morgan fingerprint density at radius 3 is 2.26 bits per heavy atom. The molecule has 1 rings (SSSR count). The maximum absolute atomic E-state index is 13.2. The van der Waals surface area contributed by atoms with Crippen LogP contribution in [0.1, 0.15) is 40.0 Å². The second kappa shape index (κ2) is 6.03. The van der Waals surface area contributed by atoms with E-state index < -0.39 is 23.5 Å². The third-order valence-corrected chi connectivity index (χ3v) is 3.52. The van der Waals surface area contributed by atoms with Crippen molar-refractivity contribution in [1.29, 1.82) is 0 Å². The number of nitrogens with two attached hydrogens (primary N) is 1. The fourth-order valence-electron chi connectivity index (χ4n) is 2.33. The number of nitrogens with zero attached hydrogens (tertiary/aromatic N) is 1. The number of hydrogen-bond donors (Lipinski definition) is 1. The topological polar surface area (TPSA) is 55.6 Å². The molecule has 0 radical (unpaired) electrons. The van der Waals surface area contributed by atoms with Crippen LogP contribution in [0.4, 0.5) is 13.6 Å². The first-order valence-electron chi connectivity index (χ1n) is 6.66. The zero-order valence-electron chi connectivity index (χ0n) is 11.9. The monoisotopic (exact) mass is 278 g/mol. The minimum Gasteiger partial charge on any atom is -0.444 e. The molecule has 1 fully saturated rings. The molecule has 1 amide bonds. The molecule has 0 bridgehead atoms. The number of carbonyl (C=O) groups excluding carboxylic acids is 1. The van der Waals surface area contributed by atoms with Gasteiger partial charge in [0.05, 0.1) is 0 Å². The third-order valence-electron chi connectivity index (χ3n) is 3.52. The lowest BCUT2D eigenvalue weighted by molar-refractivity contribution is -0.0557. The summed E-state index contributed by atoms with van der Waals surface area (Å²) in [6, 6.07) is 0. The van der Waals surface area contributed by atoms with Crippen molar-refractivity contribution in [3.05, 3.63) is 0 Å². The predicted molar refractivity (Wildman–Crippen MR) is 69.1 cm³/mol. The van der Waals surface area contributed by atoms with E-state index in [-0.39, 0.29) is 19.4 Å². The summed E-state index contributed by atoms with van der Waals surface area (Å²) in [6.07, 6.45) is -1.96. The predicted octanol–water partition coefficient (Wildman–Crippen LogP) is 2.62. The number of hydrogen-bond acceptors (Lipinski definition) is 3. The average molecular weight is 278 g/mol. The van der Waals surface area contributed by atoms with Gasteiger partial charge < -0.3 is 15.4 Å². The van der Waals surface area contributed by atoms with Crippen LogP contribution in [0.3, 0.4) is 0 Å². The van der Waals surface area contributed by atoms with Gasteiger partial charge >= 0.3 is 6.09 Å². The Labute approximate surface area is 113 Å². The van der Waals surface area contributed by atoms with E-state index in [4.69, 9.17) is 10.5 Å². The van der Waals surface area contributed by atoms with Gasteiger partial charge in [0.1, 0.15) is 5.60 Å². The summed E-state index contributed by atoms with van der Waals surface area (Å²) in [4.78, 5) is 13.3. The van der Waals surface area contributed by atoms with E-state index in [9.17, 15) is 13.6 Å². The Hall–Kier alpha value is -0.910. The standard InChI is InChI=1S/C13H24F2N2O2/c1-12(2,3)19-11(18)17-8-5-13(4-7-16,6-9-17)10(14)15/h10H,4-9,16H2,1-3H3. The Morgan fingerprint density at radius 2 is 1.89 bits per heavy atom. The molecule has 0 aliphatic carbocycles. The van der Waals surface area contributed by atoms with Crippen LogP contribution in [0.5, 0.6) is 0 Å². The zero-order valence-corrected chi connectivity index (χ0v) is 11.9. The summed E-state index contributed by atoms with van der Waals surface area (Å²) in [5.74, 6) is 0. The highest BCUT2D eigenvalue weighted by Crippen LogP contribution is 2.40. The number of amides is 1. The number of halogens is 2. The minimum absolute atomic E-state index is 0.247. The Balaban J connectivity index is 2.58. The average Bonchev–Trinajstić information content (AvgIpc) is 2.27. The first kappa shape index (κ1) is 16.1. The van der Waals surface area contributed by atoms with Crippen LogP contribution in [0.25, 0.3) is 0 Å². The molecule has 19 heavy (non-hydrogen) atoms. The summed E-state index contributed by atoms with van der Waals surface area (Å²) >= 11 is 0. The zero-order chi connectivity index (χ0) is 14.7. The van der Waals surface area contributed by atoms with Crippen LogP contribution in [0, 0.1) is 5.41 Å². The lowest BCUT2D eigenvalue weighted by atomic mass is 9.76. The molecular weight excluding hydrogens is 254 g/mol. The van der Waals surface area contributed by atoms with E-state index >= 15 is 0 Å². The van der Waals surface area contributed by atoms with Crippen LogP contribution < -0.4 is 5.73 Å². The van der Waals surface area contributed by atoms with E-state index in [2.05, 4.69) is 0 Å². The van der Waals surface area contributed by atoms with Gasteiger partial charge in [-0.3, -0.25) is 0 Å². The normalized spacial score (nSPS) is 19.6. The van der Waals surface area contributed by atoms with E-state index in [0.29, 0.717) is 19.5 Å². The highest BCUT2D eigenvalue weighted by atomic mass is 19.3. The molecule has 1 heterocycles. The Morgan fingerprint density at radius 1 is 1.37 bits per heavy atom. The summed E-state index contributed by atoms with van der Waals surface area (Å²) in [7, 11) is 0. The molecule has 4 nitrogen and oxygen atoms in total. The largest absolute Gasteiger partial charge is 0.444 e. The summed E-state index contributed by atoms with van der Waals surface area (Å²) < 4.78 is 31.6. The molecule has 0 aromatic rings. The molecule has 2 N–H and O–H groups in total. The van der Waals surface area contributed by atoms with E-state index in [1.807, 2.05) is 0 Å². The van der Waals surface area contributed by atoms with E-state index in [1.54, 1.807) is 20.8 Å². The van der Waals surface area contributed by atoms with Crippen molar-refractivity contribution < 1.29 is 18.3 Å². The van der Waals surface area contributed by atoms with Gasteiger partial charge in [-0.05, 0) is 46.6 Å². The summed E-state index contributed by atoms with van der Waals surface area (Å²) in [5, 5.41) is 0. The fraction of sp³-hybridized carbons (Fsp3) is 0.923. The van der Waals surface area contributed by atoms with Crippen LogP contribution in [0.15, 0.2) is 0 Å². The van der Waals surface area contributed by atoms with Crippen molar-refractivity contribution >= 4 is 6.09 Å². The molecule has 0 aromatic carbocycles. The molecule has 6 heteroatoms. The van der Waals surface area contributed by atoms with Gasteiger partial charge in [0.25, 0.3) is 0 Å². The number of piperidine rings is 1. The van der Waals surface area contributed by atoms with Gasteiger partial charge in [0.15, 0.2) is 0 Å². The molecule has 0 aromatic heterocycles. The highest BCUT2D eigenvalue weighted by Gasteiger charge is 2.43. The number of alkyl halides is 2. The molecular formula is C13H24F2N2O2. The SMILES string of the molecule is CC(C)(C)OC(=O)N1CCC(CCN)(C(F)F)CC1. The van der Waals surface area contributed by atoms with Crippen molar-refractivity contribution in [2.75, 3.05) is 19.6 Å². The first-order valence-corrected chi connectivity index (χ1v) is 6.66. The van der Waals surface area contributed by atoms with Crippen LogP contribution in [-0.4, -0.2) is 42.7 Å². The molecule has 1 saturated heterocycles. The number of likely N-dealkylation sites (tertiary alicyclic amines) is 1. The lowest BCUT2D eigenvalue weighted by Gasteiger charge is -2.41. The number of rotatable bonds is 3. The van der Waals surface area contributed by atoms with Crippen molar-refractivity contribution in [2.24, 2.45) is 11.1 Å². The van der Waals surface area contributed by atoms with Gasteiger partial charge in [-0.2, -0.15) is 0 Å². The third kappa shape index (κ3) is 4.30. The van der Waals surface area contributed by atoms with Gasteiger partial charge in [-0.25, -0.2) is 13.6 Å². The number of ether oxygens (including phenoxy) is 1. The first-order chi connectivity index (χ1) is 8.70. The Kier molecular flexibility index (Phi) is 5.12. The fourth-order valence-corrected chi connectivity index (χ4v) is 2.33. The lowest BCUT2D eigenvalue weighted by Crippen LogP contribution is -2.48. The van der Waals surface area contributed by atoms with Crippen molar-refractivity contribution in [3.63, 3.8) is 0 Å². The van der Waals surface area contributed by atoms with E-state index in [1.165, 1.54) is 4.90 Å². The molecule has 0 unspecified atom stereocenters. The summed E-state index contributed by atoms with van der Waals surface area (Å²) in [5.41, 5.74) is 3.82. The van der Waals surface area contributed by atoms with E-state index in [0.717, 1.165) is 0 Å². The summed E-state index contributed by atoms with van der Waals surface area (Å²) in [6.45, 7) is 6.21. The highest BCUT2D eigenvalue weighted by molar-refractivity contribution is 5.68. The molecule has 1 aliphatic rings.